The van der Waals surface area contributed by atoms with E-state index in [1.165, 1.54) is 29.2 Å². The van der Waals surface area contributed by atoms with E-state index in [4.69, 9.17) is 9.47 Å². The second-order valence-corrected chi connectivity index (χ2v) is 10.5. The number of amides is 2. The molecule has 3 aromatic rings. The Balaban J connectivity index is 1.37. The molecule has 0 aromatic heterocycles. The van der Waals surface area contributed by atoms with Crippen molar-refractivity contribution in [2.45, 2.75) is 30.8 Å². The Kier molecular flexibility index (Phi) is 8.98. The number of hydrogen-bond donors (Lipinski definition) is 2. The summed E-state index contributed by atoms with van der Waals surface area (Å²) in [4.78, 5) is 27.6. The maximum atomic E-state index is 13.2. The topological polar surface area (TPSA) is 114 Å². The molecule has 10 heteroatoms. The van der Waals surface area contributed by atoms with Gasteiger partial charge in [-0.2, -0.15) is 0 Å². The van der Waals surface area contributed by atoms with Gasteiger partial charge in [0.15, 0.2) is 12.7 Å². The van der Waals surface area contributed by atoms with Crippen molar-refractivity contribution < 1.29 is 27.5 Å². The monoisotopic (exact) mass is 537 g/mol. The number of ether oxygens (including phenoxy) is 2. The van der Waals surface area contributed by atoms with E-state index in [0.29, 0.717) is 43.1 Å². The molecule has 200 valence electrons. The van der Waals surface area contributed by atoms with Crippen molar-refractivity contribution in [3.63, 3.8) is 0 Å². The van der Waals surface area contributed by atoms with Crippen LogP contribution in [0.15, 0.2) is 83.8 Å². The van der Waals surface area contributed by atoms with Crippen LogP contribution in [0.1, 0.15) is 18.9 Å². The lowest BCUT2D eigenvalue weighted by Crippen LogP contribution is -2.52. The molecule has 1 aliphatic rings. The van der Waals surface area contributed by atoms with E-state index in [9.17, 15) is 18.0 Å². The molecule has 38 heavy (non-hydrogen) atoms. The molecule has 0 saturated carbocycles. The van der Waals surface area contributed by atoms with E-state index in [1.54, 1.807) is 24.3 Å². The number of para-hydroxylation sites is 2. The van der Waals surface area contributed by atoms with Gasteiger partial charge in [0.05, 0.1) is 17.1 Å². The summed E-state index contributed by atoms with van der Waals surface area (Å²) >= 11 is 0. The van der Waals surface area contributed by atoms with Gasteiger partial charge in [-0.1, -0.05) is 49.4 Å². The second-order valence-electron chi connectivity index (χ2n) is 8.76. The van der Waals surface area contributed by atoms with E-state index in [0.717, 1.165) is 5.56 Å². The number of fused-ring (bicyclic) bond motifs is 1. The highest BCUT2D eigenvalue weighted by Gasteiger charge is 2.33. The molecule has 0 saturated heterocycles. The number of carbonyl (C=O) groups is 2. The number of nitrogens with zero attached hydrogens (tertiary/aromatic N) is 1. The van der Waals surface area contributed by atoms with Crippen LogP contribution >= 0.6 is 0 Å². The number of carbonyl (C=O) groups excluding carboxylic acids is 2. The highest BCUT2D eigenvalue weighted by molar-refractivity contribution is 7.89. The van der Waals surface area contributed by atoms with Gasteiger partial charge in [-0.3, -0.25) is 9.59 Å². The van der Waals surface area contributed by atoms with Crippen molar-refractivity contribution in [1.29, 1.82) is 0 Å². The van der Waals surface area contributed by atoms with Crippen molar-refractivity contribution in [3.8, 4) is 11.5 Å². The van der Waals surface area contributed by atoms with Crippen LogP contribution in [0.3, 0.4) is 0 Å². The van der Waals surface area contributed by atoms with Crippen LogP contribution in [0.2, 0.25) is 0 Å². The normalized spacial score (nSPS) is 14.8. The number of nitrogens with one attached hydrogen (secondary N) is 2. The molecule has 1 atom stereocenters. The summed E-state index contributed by atoms with van der Waals surface area (Å²) in [7, 11) is -3.59. The van der Waals surface area contributed by atoms with Crippen LogP contribution < -0.4 is 24.4 Å². The van der Waals surface area contributed by atoms with Gasteiger partial charge in [-0.25, -0.2) is 13.1 Å². The third-order valence-electron chi connectivity index (χ3n) is 5.96. The first kappa shape index (κ1) is 27.2. The summed E-state index contributed by atoms with van der Waals surface area (Å²) in [5, 5.41) is 2.89. The molecule has 0 radical (unpaired) electrons. The Morgan fingerprint density at radius 3 is 2.42 bits per heavy atom. The standard InChI is InChI=1S/C28H31N3O6S/c1-2-17-30-38(34,35)23-14-12-22(13-15-23)36-20-27(32)31-19-26(37-25-11-7-6-10-24(25)31)28(33)29-18-16-21-8-4-3-5-9-21/h3-15,26,30H,2,16-20H2,1H3,(H,29,33). The Morgan fingerprint density at radius 2 is 1.68 bits per heavy atom. The number of sulfonamides is 1. The predicted octanol–water partition coefficient (Wildman–Crippen LogP) is 2.91. The summed E-state index contributed by atoms with van der Waals surface area (Å²) in [6, 6.07) is 22.7. The van der Waals surface area contributed by atoms with Crippen molar-refractivity contribution in [1.82, 2.24) is 10.0 Å². The highest BCUT2D eigenvalue weighted by Crippen LogP contribution is 2.33. The summed E-state index contributed by atoms with van der Waals surface area (Å²) in [6.07, 6.45) is 0.495. The number of hydrogen-bond acceptors (Lipinski definition) is 6. The summed E-state index contributed by atoms with van der Waals surface area (Å²) in [5.41, 5.74) is 1.66. The third kappa shape index (κ3) is 6.90. The lowest BCUT2D eigenvalue weighted by Gasteiger charge is -2.34. The fourth-order valence-electron chi connectivity index (χ4n) is 3.95. The van der Waals surface area contributed by atoms with Crippen molar-refractivity contribution in [3.05, 3.63) is 84.4 Å². The van der Waals surface area contributed by atoms with Gasteiger partial charge >= 0.3 is 0 Å². The van der Waals surface area contributed by atoms with E-state index < -0.39 is 16.1 Å². The van der Waals surface area contributed by atoms with Gasteiger partial charge < -0.3 is 19.7 Å². The molecular weight excluding hydrogens is 506 g/mol. The Labute approximate surface area is 222 Å². The fourth-order valence-corrected chi connectivity index (χ4v) is 5.09. The molecule has 9 nitrogen and oxygen atoms in total. The lowest BCUT2D eigenvalue weighted by molar-refractivity contribution is -0.128. The number of rotatable bonds is 11. The van der Waals surface area contributed by atoms with Gasteiger partial charge in [-0.05, 0) is 54.8 Å². The lowest BCUT2D eigenvalue weighted by atomic mass is 10.1. The molecule has 0 fully saturated rings. The molecule has 3 aromatic carbocycles. The fraction of sp³-hybridized carbons (Fsp3) is 0.286. The quantitative estimate of drug-likeness (QED) is 0.389. The average Bonchev–Trinajstić information content (AvgIpc) is 2.95. The van der Waals surface area contributed by atoms with Crippen molar-refractivity contribution in [2.24, 2.45) is 0 Å². The molecule has 1 heterocycles. The molecule has 4 rings (SSSR count). The summed E-state index contributed by atoms with van der Waals surface area (Å²) in [6.45, 7) is 2.42. The maximum Gasteiger partial charge on any atom is 0.265 e. The van der Waals surface area contributed by atoms with E-state index in [-0.39, 0.29) is 29.9 Å². The minimum absolute atomic E-state index is 0.0383. The minimum Gasteiger partial charge on any atom is -0.484 e. The zero-order chi connectivity index (χ0) is 27.0. The summed E-state index contributed by atoms with van der Waals surface area (Å²) in [5.74, 6) is 0.126. The van der Waals surface area contributed by atoms with Crippen LogP contribution in [0.5, 0.6) is 11.5 Å². The van der Waals surface area contributed by atoms with E-state index >= 15 is 0 Å². The average molecular weight is 538 g/mol. The van der Waals surface area contributed by atoms with Gasteiger partial charge in [0.2, 0.25) is 10.0 Å². The van der Waals surface area contributed by atoms with Crippen LogP contribution in [-0.2, 0) is 26.0 Å². The molecule has 0 spiro atoms. The van der Waals surface area contributed by atoms with E-state index in [1.807, 2.05) is 37.3 Å². The van der Waals surface area contributed by atoms with Crippen LogP contribution in [-0.4, -0.2) is 52.6 Å². The Bertz CT molecular complexity index is 1350. The largest absolute Gasteiger partial charge is 0.484 e. The molecule has 2 N–H and O–H groups in total. The number of benzene rings is 3. The molecule has 0 aliphatic carbocycles. The SMILES string of the molecule is CCCNS(=O)(=O)c1ccc(OCC(=O)N2CC(C(=O)NCCc3ccccc3)Oc3ccccc32)cc1. The Morgan fingerprint density at radius 1 is 0.974 bits per heavy atom. The van der Waals surface area contributed by atoms with Crippen LogP contribution in [0, 0.1) is 0 Å². The molecular formula is C28H31N3O6S. The third-order valence-corrected chi connectivity index (χ3v) is 7.44. The molecule has 1 aliphatic heterocycles. The first-order valence-electron chi connectivity index (χ1n) is 12.5. The second kappa shape index (κ2) is 12.6. The van der Waals surface area contributed by atoms with Crippen molar-refractivity contribution in [2.75, 3.05) is 31.1 Å². The predicted molar refractivity (Wildman–Crippen MR) is 144 cm³/mol. The van der Waals surface area contributed by atoms with E-state index in [2.05, 4.69) is 10.0 Å². The maximum absolute atomic E-state index is 13.2. The van der Waals surface area contributed by atoms with Gasteiger partial charge in [0.1, 0.15) is 11.5 Å². The molecule has 1 unspecified atom stereocenters. The zero-order valence-electron chi connectivity index (χ0n) is 21.1. The molecule has 0 bridgehead atoms. The van der Waals surface area contributed by atoms with Gasteiger partial charge in [0, 0.05) is 13.1 Å². The van der Waals surface area contributed by atoms with Crippen LogP contribution in [0.25, 0.3) is 0 Å². The smallest absolute Gasteiger partial charge is 0.265 e. The Hall–Kier alpha value is -3.89. The first-order valence-corrected chi connectivity index (χ1v) is 14.0. The summed E-state index contributed by atoms with van der Waals surface area (Å²) < 4.78 is 38.6. The zero-order valence-corrected chi connectivity index (χ0v) is 21.9. The first-order chi connectivity index (χ1) is 18.4. The number of anilines is 1. The molecule has 2 amide bonds. The highest BCUT2D eigenvalue weighted by atomic mass is 32.2. The van der Waals surface area contributed by atoms with Crippen molar-refractivity contribution >= 4 is 27.5 Å². The van der Waals surface area contributed by atoms with Gasteiger partial charge in [0.25, 0.3) is 11.8 Å². The van der Waals surface area contributed by atoms with Gasteiger partial charge in [-0.15, -0.1) is 0 Å². The van der Waals surface area contributed by atoms with Crippen LogP contribution in [0.4, 0.5) is 5.69 Å². The minimum atomic E-state index is -3.59.